The van der Waals surface area contributed by atoms with E-state index in [1.807, 2.05) is 20.8 Å². The van der Waals surface area contributed by atoms with Crippen LogP contribution in [0, 0.1) is 10.8 Å². The summed E-state index contributed by atoms with van der Waals surface area (Å²) in [5.41, 5.74) is -0.0447. The third-order valence-electron chi connectivity index (χ3n) is 3.39. The van der Waals surface area contributed by atoms with Crippen LogP contribution in [0.15, 0.2) is 4.99 Å². The highest BCUT2D eigenvalue weighted by molar-refractivity contribution is 5.90. The average molecular weight is 298 g/mol. The number of nitrogens with one attached hydrogen (secondary N) is 1. The quantitative estimate of drug-likeness (QED) is 0.587. The van der Waals surface area contributed by atoms with E-state index >= 15 is 0 Å². The van der Waals surface area contributed by atoms with Gasteiger partial charge in [0.05, 0.1) is 0 Å². The molecule has 124 valence electrons. The van der Waals surface area contributed by atoms with Crippen LogP contribution in [0.5, 0.6) is 0 Å². The minimum Gasteiger partial charge on any atom is -0.442 e. The molecule has 1 amide bonds. The molecule has 0 aliphatic heterocycles. The number of hydrogen-bond donors (Lipinski definition) is 1. The smallest absolute Gasteiger partial charge is 0.435 e. The van der Waals surface area contributed by atoms with Crippen LogP contribution < -0.4 is 5.32 Å². The van der Waals surface area contributed by atoms with Gasteiger partial charge in [-0.1, -0.05) is 41.0 Å². The number of nitrogens with zero attached hydrogens (tertiary/aromatic N) is 1. The lowest BCUT2D eigenvalue weighted by Gasteiger charge is -2.34. The third kappa shape index (κ3) is 10.3. The molecule has 0 aliphatic carbocycles. The molecule has 0 rings (SSSR count). The fourth-order valence-electron chi connectivity index (χ4n) is 2.31. The Labute approximate surface area is 130 Å². The Balaban J connectivity index is 4.47. The summed E-state index contributed by atoms with van der Waals surface area (Å²) in [7, 11) is 0. The monoisotopic (exact) mass is 298 g/mol. The number of amidine groups is 1. The molecule has 0 aromatic carbocycles. The molecule has 0 bridgehead atoms. The van der Waals surface area contributed by atoms with Gasteiger partial charge >= 0.3 is 6.09 Å². The van der Waals surface area contributed by atoms with Crippen molar-refractivity contribution in [1.82, 2.24) is 5.32 Å². The summed E-state index contributed by atoms with van der Waals surface area (Å²) >= 11 is 0. The second kappa shape index (κ2) is 7.28. The molecule has 21 heavy (non-hydrogen) atoms. The summed E-state index contributed by atoms with van der Waals surface area (Å²) in [4.78, 5) is 15.5. The lowest BCUT2D eigenvalue weighted by Crippen LogP contribution is -2.36. The van der Waals surface area contributed by atoms with Crippen LogP contribution in [0.25, 0.3) is 0 Å². The van der Waals surface area contributed by atoms with E-state index in [1.165, 1.54) is 0 Å². The van der Waals surface area contributed by atoms with Gasteiger partial charge in [0.15, 0.2) is 0 Å². The number of ether oxygens (including phenoxy) is 1. The zero-order valence-electron chi connectivity index (χ0n) is 15.4. The number of carbonyl (C=O) groups is 1. The zero-order chi connectivity index (χ0) is 16.9. The van der Waals surface area contributed by atoms with Crippen LogP contribution in [0.2, 0.25) is 0 Å². The Morgan fingerprint density at radius 2 is 1.57 bits per heavy atom. The van der Waals surface area contributed by atoms with Crippen LogP contribution in [-0.4, -0.2) is 24.1 Å². The molecule has 0 saturated carbocycles. The molecule has 0 heterocycles. The Kier molecular flexibility index (Phi) is 6.91. The molecule has 4 heteroatoms. The zero-order valence-corrected chi connectivity index (χ0v) is 15.4. The third-order valence-corrected chi connectivity index (χ3v) is 3.39. The van der Waals surface area contributed by atoms with Crippen LogP contribution in [0.1, 0.15) is 75.2 Å². The minimum absolute atomic E-state index is 0.143. The van der Waals surface area contributed by atoms with E-state index in [-0.39, 0.29) is 5.41 Å². The van der Waals surface area contributed by atoms with Gasteiger partial charge in [-0.2, -0.15) is 4.99 Å². The standard InChI is InChI=1S/C17H34N2O2/c1-10-16(6,7)11-17(8,9)12-18-13(2)19-14(20)21-15(3,4)5/h10-12H2,1-9H3,(H,18,19,20). The van der Waals surface area contributed by atoms with Crippen LogP contribution in [-0.2, 0) is 4.74 Å². The first kappa shape index (κ1) is 19.9. The molecule has 0 aromatic heterocycles. The predicted molar refractivity (Wildman–Crippen MR) is 89.8 cm³/mol. The number of amides is 1. The predicted octanol–water partition coefficient (Wildman–Crippen LogP) is 4.78. The van der Waals surface area contributed by atoms with Gasteiger partial charge in [-0.05, 0) is 44.9 Å². The maximum atomic E-state index is 11.6. The van der Waals surface area contributed by atoms with Crippen molar-refractivity contribution in [3.05, 3.63) is 0 Å². The highest BCUT2D eigenvalue weighted by Crippen LogP contribution is 2.35. The van der Waals surface area contributed by atoms with Gasteiger partial charge in [0.1, 0.15) is 11.4 Å². The SMILES string of the molecule is CCC(C)(C)CC(C)(C)CN/C(C)=N\C(=O)OC(C)(C)C. The summed E-state index contributed by atoms with van der Waals surface area (Å²) in [6.07, 6.45) is 1.73. The van der Waals surface area contributed by atoms with E-state index in [4.69, 9.17) is 4.74 Å². The highest BCUT2D eigenvalue weighted by atomic mass is 16.6. The molecule has 1 N–H and O–H groups in total. The molecule has 0 unspecified atom stereocenters. The second-order valence-corrected chi connectivity index (χ2v) is 8.39. The summed E-state index contributed by atoms with van der Waals surface area (Å²) in [5.74, 6) is 0.603. The number of carbonyl (C=O) groups excluding carboxylic acids is 1. The van der Waals surface area contributed by atoms with Crippen molar-refractivity contribution in [1.29, 1.82) is 0 Å². The van der Waals surface area contributed by atoms with Crippen molar-refractivity contribution in [2.45, 2.75) is 80.8 Å². The summed E-state index contributed by atoms with van der Waals surface area (Å²) in [6, 6.07) is 0. The number of hydrogen-bond acceptors (Lipinski definition) is 2. The fraction of sp³-hybridized carbons (Fsp3) is 0.882. The van der Waals surface area contributed by atoms with Gasteiger partial charge in [0.25, 0.3) is 0 Å². The Hall–Kier alpha value is -1.06. The van der Waals surface area contributed by atoms with Gasteiger partial charge in [0.2, 0.25) is 0 Å². The van der Waals surface area contributed by atoms with Crippen molar-refractivity contribution >= 4 is 11.9 Å². The van der Waals surface area contributed by atoms with Crippen molar-refractivity contribution in [3.8, 4) is 0 Å². The second-order valence-electron chi connectivity index (χ2n) is 8.39. The van der Waals surface area contributed by atoms with Crippen LogP contribution >= 0.6 is 0 Å². The van der Waals surface area contributed by atoms with E-state index in [9.17, 15) is 4.79 Å². The Bertz CT molecular complexity index is 377. The number of aliphatic imine (C=N–C) groups is 1. The first-order valence-electron chi connectivity index (χ1n) is 7.78. The average Bonchev–Trinajstić information content (AvgIpc) is 2.22. The molecule has 0 radical (unpaired) electrons. The molecule has 0 saturated heterocycles. The van der Waals surface area contributed by atoms with E-state index < -0.39 is 11.7 Å². The van der Waals surface area contributed by atoms with E-state index in [2.05, 4.69) is 44.9 Å². The van der Waals surface area contributed by atoms with E-state index in [0.29, 0.717) is 11.3 Å². The molecule has 0 fully saturated rings. The van der Waals surface area contributed by atoms with Gasteiger partial charge in [0, 0.05) is 6.54 Å². The summed E-state index contributed by atoms with van der Waals surface area (Å²) in [5, 5.41) is 3.24. The van der Waals surface area contributed by atoms with Crippen molar-refractivity contribution in [2.24, 2.45) is 15.8 Å². The lowest BCUT2D eigenvalue weighted by molar-refractivity contribution is 0.0603. The maximum Gasteiger partial charge on any atom is 0.435 e. The molecule has 0 aromatic rings. The molecular formula is C17H34N2O2. The number of rotatable bonds is 5. The van der Waals surface area contributed by atoms with Crippen LogP contribution in [0.3, 0.4) is 0 Å². The minimum atomic E-state index is -0.542. The maximum absolute atomic E-state index is 11.6. The summed E-state index contributed by atoms with van der Waals surface area (Å²) < 4.78 is 5.17. The Morgan fingerprint density at radius 3 is 2.00 bits per heavy atom. The molecule has 0 aliphatic rings. The highest BCUT2D eigenvalue weighted by Gasteiger charge is 2.27. The van der Waals surface area contributed by atoms with Crippen molar-refractivity contribution < 1.29 is 9.53 Å². The first-order chi connectivity index (χ1) is 9.26. The lowest BCUT2D eigenvalue weighted by atomic mass is 9.73. The van der Waals surface area contributed by atoms with Crippen molar-refractivity contribution in [3.63, 3.8) is 0 Å². The fourth-order valence-corrected chi connectivity index (χ4v) is 2.31. The van der Waals surface area contributed by atoms with E-state index in [1.54, 1.807) is 6.92 Å². The van der Waals surface area contributed by atoms with Gasteiger partial charge < -0.3 is 10.1 Å². The topological polar surface area (TPSA) is 50.7 Å². The van der Waals surface area contributed by atoms with Gasteiger partial charge in [-0.3, -0.25) is 0 Å². The largest absolute Gasteiger partial charge is 0.442 e. The normalized spacial score (nSPS) is 14.0. The summed E-state index contributed by atoms with van der Waals surface area (Å²) in [6.45, 7) is 19.3. The molecule has 0 spiro atoms. The molecule has 0 atom stereocenters. The molecule has 4 nitrogen and oxygen atoms in total. The first-order valence-corrected chi connectivity index (χ1v) is 7.78. The Morgan fingerprint density at radius 1 is 1.05 bits per heavy atom. The van der Waals surface area contributed by atoms with Crippen LogP contribution in [0.4, 0.5) is 4.79 Å². The van der Waals surface area contributed by atoms with Crippen molar-refractivity contribution in [2.75, 3.05) is 6.54 Å². The van der Waals surface area contributed by atoms with Gasteiger partial charge in [-0.15, -0.1) is 0 Å². The van der Waals surface area contributed by atoms with E-state index in [0.717, 1.165) is 19.4 Å². The van der Waals surface area contributed by atoms with Gasteiger partial charge in [-0.25, -0.2) is 4.79 Å². The molecular weight excluding hydrogens is 264 g/mol.